The van der Waals surface area contributed by atoms with E-state index in [9.17, 15) is 0 Å². The van der Waals surface area contributed by atoms with Gasteiger partial charge in [0, 0.05) is 11.9 Å². The van der Waals surface area contributed by atoms with Crippen LogP contribution in [0.4, 0.5) is 0 Å². The van der Waals surface area contributed by atoms with Crippen LogP contribution in [0.25, 0.3) is 0 Å². The summed E-state index contributed by atoms with van der Waals surface area (Å²) < 4.78 is 5.66. The first-order chi connectivity index (χ1) is 6.52. The van der Waals surface area contributed by atoms with Crippen LogP contribution in [0.2, 0.25) is 0 Å². The summed E-state index contributed by atoms with van der Waals surface area (Å²) in [5.41, 5.74) is 0.0723. The molecule has 0 aliphatic heterocycles. The minimum absolute atomic E-state index is 0.0723. The molecule has 14 heavy (non-hydrogen) atoms. The number of ether oxygens (including phenoxy) is 1. The Morgan fingerprint density at radius 1 is 1.29 bits per heavy atom. The number of hydrogen-bond donors (Lipinski definition) is 0. The largest absolute Gasteiger partial charge is 0.376 e. The summed E-state index contributed by atoms with van der Waals surface area (Å²) in [7, 11) is 0. The van der Waals surface area contributed by atoms with E-state index in [1.165, 1.54) is 25.7 Å². The molecule has 0 bridgehead atoms. The van der Waals surface area contributed by atoms with Crippen LogP contribution in [0.5, 0.6) is 0 Å². The third kappa shape index (κ3) is 7.81. The molecule has 0 aromatic rings. The lowest BCUT2D eigenvalue weighted by molar-refractivity contribution is -0.0182. The first-order valence-corrected chi connectivity index (χ1v) is 6.84. The Labute approximate surface area is 97.7 Å². The molecule has 0 aromatic heterocycles. The van der Waals surface area contributed by atoms with Crippen molar-refractivity contribution in [3.63, 3.8) is 0 Å². The van der Waals surface area contributed by atoms with Crippen LogP contribution >= 0.6 is 15.9 Å². The molecule has 2 heteroatoms. The maximum absolute atomic E-state index is 5.66. The van der Waals surface area contributed by atoms with E-state index in [0.717, 1.165) is 17.9 Å². The van der Waals surface area contributed by atoms with Gasteiger partial charge in [-0.05, 0) is 39.5 Å². The summed E-state index contributed by atoms with van der Waals surface area (Å²) in [6.07, 6.45) is 5.06. The van der Waals surface area contributed by atoms with Gasteiger partial charge in [-0.1, -0.05) is 35.7 Å². The van der Waals surface area contributed by atoms with Crippen LogP contribution < -0.4 is 0 Å². The van der Waals surface area contributed by atoms with E-state index in [4.69, 9.17) is 4.74 Å². The molecule has 1 nitrogen and oxygen atoms in total. The minimum atomic E-state index is 0.0723. The molecule has 0 spiro atoms. The van der Waals surface area contributed by atoms with Crippen LogP contribution in [-0.4, -0.2) is 17.5 Å². The van der Waals surface area contributed by atoms with Gasteiger partial charge in [-0.2, -0.15) is 0 Å². The number of alkyl halides is 1. The summed E-state index contributed by atoms with van der Waals surface area (Å²) in [4.78, 5) is 0. The molecule has 0 aliphatic carbocycles. The lowest BCUT2D eigenvalue weighted by atomic mass is 9.95. The van der Waals surface area contributed by atoms with E-state index in [2.05, 4.69) is 43.6 Å². The zero-order valence-electron chi connectivity index (χ0n) is 10.1. The van der Waals surface area contributed by atoms with Crippen molar-refractivity contribution in [2.75, 3.05) is 11.9 Å². The molecule has 0 aliphatic rings. The van der Waals surface area contributed by atoms with Crippen LogP contribution in [0, 0.1) is 5.92 Å². The summed E-state index contributed by atoms with van der Waals surface area (Å²) in [6, 6.07) is 0. The highest BCUT2D eigenvalue weighted by molar-refractivity contribution is 9.09. The Bertz CT molecular complexity index is 134. The lowest BCUT2D eigenvalue weighted by Crippen LogP contribution is -2.24. The van der Waals surface area contributed by atoms with E-state index in [0.29, 0.717) is 0 Å². The summed E-state index contributed by atoms with van der Waals surface area (Å²) in [5, 5.41) is 1.13. The van der Waals surface area contributed by atoms with Crippen molar-refractivity contribution in [1.29, 1.82) is 0 Å². The minimum Gasteiger partial charge on any atom is -0.376 e. The van der Waals surface area contributed by atoms with Gasteiger partial charge in [0.05, 0.1) is 5.60 Å². The quantitative estimate of drug-likeness (QED) is 0.591. The van der Waals surface area contributed by atoms with Crippen molar-refractivity contribution in [3.8, 4) is 0 Å². The van der Waals surface area contributed by atoms with Crippen molar-refractivity contribution in [3.05, 3.63) is 0 Å². The predicted octanol–water partition coefficient (Wildman–Crippen LogP) is 4.39. The molecular weight excluding hydrogens is 240 g/mol. The van der Waals surface area contributed by atoms with Gasteiger partial charge in [-0.25, -0.2) is 0 Å². The Hall–Kier alpha value is 0.440. The van der Waals surface area contributed by atoms with Gasteiger partial charge in [0.25, 0.3) is 0 Å². The third-order valence-electron chi connectivity index (χ3n) is 2.61. The number of rotatable bonds is 8. The molecule has 0 amide bonds. The predicted molar refractivity (Wildman–Crippen MR) is 67.1 cm³/mol. The molecule has 0 radical (unpaired) electrons. The second-order valence-electron chi connectivity index (χ2n) is 4.67. The van der Waals surface area contributed by atoms with Crippen LogP contribution in [0.15, 0.2) is 0 Å². The van der Waals surface area contributed by atoms with Crippen LogP contribution in [0.3, 0.4) is 0 Å². The maximum atomic E-state index is 5.66. The molecule has 0 saturated carbocycles. The van der Waals surface area contributed by atoms with Gasteiger partial charge in [0.1, 0.15) is 0 Å². The number of hydrogen-bond acceptors (Lipinski definition) is 1. The highest BCUT2D eigenvalue weighted by atomic mass is 79.9. The first kappa shape index (κ1) is 14.4. The standard InChI is InChI=1S/C12H25BrO/c1-5-14-12(3,4)9-6-7-11(2)8-10-13/h11H,5-10H2,1-4H3. The summed E-state index contributed by atoms with van der Waals surface area (Å²) >= 11 is 3.48. The van der Waals surface area contributed by atoms with E-state index >= 15 is 0 Å². The fourth-order valence-electron chi connectivity index (χ4n) is 1.67. The third-order valence-corrected chi connectivity index (χ3v) is 3.07. The van der Waals surface area contributed by atoms with Crippen molar-refractivity contribution >= 4 is 15.9 Å². The van der Waals surface area contributed by atoms with Crippen molar-refractivity contribution in [2.24, 2.45) is 5.92 Å². The zero-order chi connectivity index (χ0) is 11.0. The van der Waals surface area contributed by atoms with Crippen molar-refractivity contribution < 1.29 is 4.74 Å². The molecule has 0 N–H and O–H groups in total. The monoisotopic (exact) mass is 264 g/mol. The van der Waals surface area contributed by atoms with Gasteiger partial charge < -0.3 is 4.74 Å². The van der Waals surface area contributed by atoms with E-state index in [1.54, 1.807) is 0 Å². The fraction of sp³-hybridized carbons (Fsp3) is 1.00. The first-order valence-electron chi connectivity index (χ1n) is 5.71. The summed E-state index contributed by atoms with van der Waals surface area (Å²) in [5.74, 6) is 0.840. The molecule has 86 valence electrons. The molecule has 0 aromatic carbocycles. The SMILES string of the molecule is CCOC(C)(C)CCCC(C)CCBr. The topological polar surface area (TPSA) is 9.23 Å². The second kappa shape index (κ2) is 7.70. The van der Waals surface area contributed by atoms with E-state index < -0.39 is 0 Å². The lowest BCUT2D eigenvalue weighted by Gasteiger charge is -2.25. The molecular formula is C12H25BrO. The summed E-state index contributed by atoms with van der Waals surface area (Å²) in [6.45, 7) is 9.59. The Balaban J connectivity index is 3.51. The maximum Gasteiger partial charge on any atom is 0.0626 e. The highest BCUT2D eigenvalue weighted by Crippen LogP contribution is 2.21. The average molecular weight is 265 g/mol. The van der Waals surface area contributed by atoms with Crippen molar-refractivity contribution in [2.45, 2.75) is 59.0 Å². The Kier molecular flexibility index (Phi) is 7.94. The smallest absolute Gasteiger partial charge is 0.0626 e. The van der Waals surface area contributed by atoms with E-state index in [1.807, 2.05) is 0 Å². The Morgan fingerprint density at radius 3 is 2.43 bits per heavy atom. The van der Waals surface area contributed by atoms with Crippen molar-refractivity contribution in [1.82, 2.24) is 0 Å². The van der Waals surface area contributed by atoms with Gasteiger partial charge in [-0.3, -0.25) is 0 Å². The van der Waals surface area contributed by atoms with E-state index in [-0.39, 0.29) is 5.60 Å². The molecule has 0 fully saturated rings. The molecule has 1 atom stereocenters. The highest BCUT2D eigenvalue weighted by Gasteiger charge is 2.17. The molecule has 1 unspecified atom stereocenters. The van der Waals surface area contributed by atoms with Gasteiger partial charge in [-0.15, -0.1) is 0 Å². The second-order valence-corrected chi connectivity index (χ2v) is 5.46. The molecule has 0 heterocycles. The van der Waals surface area contributed by atoms with Gasteiger partial charge >= 0.3 is 0 Å². The average Bonchev–Trinajstić information content (AvgIpc) is 2.03. The van der Waals surface area contributed by atoms with Gasteiger partial charge in [0.15, 0.2) is 0 Å². The fourth-order valence-corrected chi connectivity index (χ4v) is 2.45. The molecule has 0 saturated heterocycles. The van der Waals surface area contributed by atoms with Crippen LogP contribution in [0.1, 0.15) is 53.4 Å². The Morgan fingerprint density at radius 2 is 1.93 bits per heavy atom. The normalized spacial score (nSPS) is 14.4. The molecule has 0 rings (SSSR count). The number of halogens is 1. The zero-order valence-corrected chi connectivity index (χ0v) is 11.7. The van der Waals surface area contributed by atoms with Crippen LogP contribution in [-0.2, 0) is 4.74 Å². The van der Waals surface area contributed by atoms with Gasteiger partial charge in [0.2, 0.25) is 0 Å².